The van der Waals surface area contributed by atoms with Gasteiger partial charge in [-0.05, 0) is 36.8 Å². The van der Waals surface area contributed by atoms with Crippen LogP contribution in [0.3, 0.4) is 0 Å². The Morgan fingerprint density at radius 3 is 2.35 bits per heavy atom. The smallest absolute Gasteiger partial charge is 0.225 e. The molecule has 7 heteroatoms. The molecular weight excluding hydrogens is 338 g/mol. The minimum atomic E-state index is -0.686. The van der Waals surface area contributed by atoms with Crippen molar-refractivity contribution in [3.8, 4) is 5.75 Å². The van der Waals surface area contributed by atoms with Crippen LogP contribution in [0.15, 0.2) is 48.5 Å². The van der Waals surface area contributed by atoms with Crippen LogP contribution in [0.2, 0.25) is 0 Å². The average molecular weight is 356 g/mol. The van der Waals surface area contributed by atoms with Crippen molar-refractivity contribution in [2.24, 2.45) is 0 Å². The third-order valence-electron chi connectivity index (χ3n) is 3.68. The zero-order chi connectivity index (χ0) is 18.5. The number of methoxy groups -OCH3 is 1. The van der Waals surface area contributed by atoms with Crippen LogP contribution in [0.25, 0.3) is 0 Å². The Hall–Kier alpha value is -3.22. The highest BCUT2D eigenvalue weighted by atomic mass is 19.1. The number of aromatic nitrogens is 2. The van der Waals surface area contributed by atoms with Crippen LogP contribution in [-0.4, -0.2) is 17.1 Å². The van der Waals surface area contributed by atoms with Gasteiger partial charge in [0.25, 0.3) is 0 Å². The molecule has 3 rings (SSSR count). The maximum Gasteiger partial charge on any atom is 0.225 e. The number of ether oxygens (including phenoxy) is 1. The van der Waals surface area contributed by atoms with Crippen LogP contribution in [0.5, 0.6) is 5.75 Å². The van der Waals surface area contributed by atoms with Crippen molar-refractivity contribution in [1.82, 2.24) is 9.97 Å². The largest absolute Gasteiger partial charge is 0.497 e. The van der Waals surface area contributed by atoms with Crippen molar-refractivity contribution in [3.05, 3.63) is 71.4 Å². The van der Waals surface area contributed by atoms with Gasteiger partial charge in [0.15, 0.2) is 0 Å². The molecule has 3 aromatic rings. The molecule has 5 nitrogen and oxygen atoms in total. The Balaban J connectivity index is 1.74. The second-order valence-electron chi connectivity index (χ2n) is 5.64. The molecular formula is C19H18F2N4O. The number of benzene rings is 2. The second-order valence-corrected chi connectivity index (χ2v) is 5.64. The summed E-state index contributed by atoms with van der Waals surface area (Å²) in [6, 6.07) is 12.9. The highest BCUT2D eigenvalue weighted by Crippen LogP contribution is 2.23. The summed E-state index contributed by atoms with van der Waals surface area (Å²) in [6.07, 6.45) is 0. The normalized spacial score (nSPS) is 10.5. The number of hydrogen-bond acceptors (Lipinski definition) is 5. The molecule has 0 aliphatic rings. The molecule has 0 spiro atoms. The van der Waals surface area contributed by atoms with E-state index in [4.69, 9.17) is 4.74 Å². The summed E-state index contributed by atoms with van der Waals surface area (Å²) in [5.74, 6) is 0.0702. The SMILES string of the molecule is COc1ccc(CNc2nc(C)cc(Nc3c(F)cccc3F)n2)cc1. The third-order valence-corrected chi connectivity index (χ3v) is 3.68. The maximum atomic E-state index is 13.8. The quantitative estimate of drug-likeness (QED) is 0.684. The minimum Gasteiger partial charge on any atom is -0.497 e. The number of hydrogen-bond donors (Lipinski definition) is 2. The Bertz CT molecular complexity index is 880. The van der Waals surface area contributed by atoms with Gasteiger partial charge in [-0.2, -0.15) is 4.98 Å². The van der Waals surface area contributed by atoms with Gasteiger partial charge in [0.2, 0.25) is 5.95 Å². The molecule has 0 aliphatic heterocycles. The molecule has 0 aliphatic carbocycles. The van der Waals surface area contributed by atoms with Gasteiger partial charge >= 0.3 is 0 Å². The summed E-state index contributed by atoms with van der Waals surface area (Å²) >= 11 is 0. The highest BCUT2D eigenvalue weighted by molar-refractivity contribution is 5.59. The van der Waals surface area contributed by atoms with Gasteiger partial charge in [0.05, 0.1) is 7.11 Å². The number of halogens is 2. The van der Waals surface area contributed by atoms with E-state index in [0.717, 1.165) is 11.3 Å². The summed E-state index contributed by atoms with van der Waals surface area (Å²) in [5, 5.41) is 5.78. The molecule has 2 aromatic carbocycles. The summed E-state index contributed by atoms with van der Waals surface area (Å²) < 4.78 is 32.7. The van der Waals surface area contributed by atoms with Gasteiger partial charge < -0.3 is 15.4 Å². The first-order chi connectivity index (χ1) is 12.5. The molecule has 0 unspecified atom stereocenters. The van der Waals surface area contributed by atoms with Crippen LogP contribution < -0.4 is 15.4 Å². The van der Waals surface area contributed by atoms with Crippen molar-refractivity contribution in [2.75, 3.05) is 17.7 Å². The van der Waals surface area contributed by atoms with Gasteiger partial charge in [0.1, 0.15) is 28.9 Å². The van der Waals surface area contributed by atoms with Gasteiger partial charge in [-0.25, -0.2) is 13.8 Å². The molecule has 0 saturated heterocycles. The zero-order valence-corrected chi connectivity index (χ0v) is 14.4. The van der Waals surface area contributed by atoms with E-state index in [1.54, 1.807) is 20.1 Å². The van der Waals surface area contributed by atoms with Crippen LogP contribution in [0.1, 0.15) is 11.3 Å². The summed E-state index contributed by atoms with van der Waals surface area (Å²) in [7, 11) is 1.61. The van der Waals surface area contributed by atoms with Crippen molar-refractivity contribution in [1.29, 1.82) is 0 Å². The lowest BCUT2D eigenvalue weighted by Crippen LogP contribution is -2.07. The van der Waals surface area contributed by atoms with Crippen molar-refractivity contribution >= 4 is 17.5 Å². The van der Waals surface area contributed by atoms with Gasteiger partial charge in [-0.3, -0.25) is 0 Å². The number of para-hydroxylation sites is 1. The number of aryl methyl sites for hydroxylation is 1. The monoisotopic (exact) mass is 356 g/mol. The first kappa shape index (κ1) is 17.6. The van der Waals surface area contributed by atoms with E-state index in [1.165, 1.54) is 18.2 Å². The third kappa shape index (κ3) is 4.24. The van der Waals surface area contributed by atoms with E-state index < -0.39 is 11.6 Å². The highest BCUT2D eigenvalue weighted by Gasteiger charge is 2.10. The predicted octanol–water partition coefficient (Wildman–Crippen LogP) is 4.43. The Labute approximate surface area is 150 Å². The second kappa shape index (κ2) is 7.77. The lowest BCUT2D eigenvalue weighted by Gasteiger charge is -2.11. The molecule has 0 fully saturated rings. The van der Waals surface area contributed by atoms with Gasteiger partial charge in [0, 0.05) is 18.3 Å². The minimum absolute atomic E-state index is 0.244. The number of nitrogens with zero attached hydrogens (tertiary/aromatic N) is 2. The molecule has 1 aromatic heterocycles. The molecule has 1 heterocycles. The molecule has 0 atom stereocenters. The van der Waals surface area contributed by atoms with Crippen molar-refractivity contribution in [3.63, 3.8) is 0 Å². The Morgan fingerprint density at radius 2 is 1.69 bits per heavy atom. The Kier molecular flexibility index (Phi) is 5.26. The van der Waals surface area contributed by atoms with E-state index in [1.807, 2.05) is 24.3 Å². The van der Waals surface area contributed by atoms with Crippen molar-refractivity contribution < 1.29 is 13.5 Å². The molecule has 26 heavy (non-hydrogen) atoms. The standard InChI is InChI=1S/C19H18F2N4O/c1-12-10-17(24-18-15(20)4-3-5-16(18)21)25-19(23-12)22-11-13-6-8-14(26-2)9-7-13/h3-10H,11H2,1-2H3,(H2,22,23,24,25). The van der Waals surface area contributed by atoms with E-state index in [9.17, 15) is 8.78 Å². The molecule has 0 bridgehead atoms. The van der Waals surface area contributed by atoms with Crippen LogP contribution in [-0.2, 0) is 6.54 Å². The molecule has 134 valence electrons. The van der Waals surface area contributed by atoms with E-state index in [-0.39, 0.29) is 5.69 Å². The average Bonchev–Trinajstić information content (AvgIpc) is 2.63. The molecule has 0 saturated carbocycles. The van der Waals surface area contributed by atoms with Crippen molar-refractivity contribution in [2.45, 2.75) is 13.5 Å². The summed E-state index contributed by atoms with van der Waals surface area (Å²) in [6.45, 7) is 2.28. The van der Waals surface area contributed by atoms with E-state index in [0.29, 0.717) is 24.0 Å². The fourth-order valence-corrected chi connectivity index (χ4v) is 2.38. The predicted molar refractivity (Wildman–Crippen MR) is 96.7 cm³/mol. The first-order valence-corrected chi connectivity index (χ1v) is 7.98. The molecule has 2 N–H and O–H groups in total. The number of nitrogens with one attached hydrogen (secondary N) is 2. The van der Waals surface area contributed by atoms with Gasteiger partial charge in [-0.15, -0.1) is 0 Å². The first-order valence-electron chi connectivity index (χ1n) is 7.98. The lowest BCUT2D eigenvalue weighted by molar-refractivity contribution is 0.414. The summed E-state index contributed by atoms with van der Waals surface area (Å²) in [5.41, 5.74) is 1.44. The van der Waals surface area contributed by atoms with E-state index >= 15 is 0 Å². The van der Waals surface area contributed by atoms with Crippen LogP contribution in [0.4, 0.5) is 26.2 Å². The lowest BCUT2D eigenvalue weighted by atomic mass is 10.2. The maximum absolute atomic E-state index is 13.8. The van der Waals surface area contributed by atoms with Crippen LogP contribution in [0, 0.1) is 18.6 Å². The number of anilines is 3. The van der Waals surface area contributed by atoms with E-state index in [2.05, 4.69) is 20.6 Å². The molecule has 0 radical (unpaired) electrons. The zero-order valence-electron chi connectivity index (χ0n) is 14.4. The summed E-state index contributed by atoms with van der Waals surface area (Å²) in [4.78, 5) is 8.56. The fraction of sp³-hybridized carbons (Fsp3) is 0.158. The van der Waals surface area contributed by atoms with Gasteiger partial charge in [-0.1, -0.05) is 18.2 Å². The molecule has 0 amide bonds. The van der Waals surface area contributed by atoms with Crippen LogP contribution >= 0.6 is 0 Å². The fourth-order valence-electron chi connectivity index (χ4n) is 2.38. The Morgan fingerprint density at radius 1 is 1.00 bits per heavy atom. The topological polar surface area (TPSA) is 59.1 Å². The number of rotatable bonds is 6.